The molecule has 19 heavy (non-hydrogen) atoms. The monoisotopic (exact) mass is 265 g/mol. The molecular weight excluding hydrogens is 242 g/mol. The lowest BCUT2D eigenvalue weighted by atomic mass is 10.1. The van der Waals surface area contributed by atoms with Gasteiger partial charge in [0.1, 0.15) is 17.5 Å². The van der Waals surface area contributed by atoms with E-state index in [1.54, 1.807) is 0 Å². The van der Waals surface area contributed by atoms with Gasteiger partial charge in [-0.05, 0) is 25.7 Å². The van der Waals surface area contributed by atoms with Crippen molar-refractivity contribution in [1.82, 2.24) is 9.97 Å². The number of hydrogen-bond acceptors (Lipinski definition) is 6. The van der Waals surface area contributed by atoms with Crippen LogP contribution in [0.4, 0.5) is 11.6 Å². The van der Waals surface area contributed by atoms with E-state index in [4.69, 9.17) is 5.84 Å². The molecule has 0 radical (unpaired) electrons. The predicted octanol–water partition coefficient (Wildman–Crippen LogP) is 1.38. The van der Waals surface area contributed by atoms with E-state index in [2.05, 4.69) is 34.6 Å². The molecule has 1 heterocycles. The first-order valence-corrected chi connectivity index (χ1v) is 6.79. The Balaban J connectivity index is 2.29. The van der Waals surface area contributed by atoms with Crippen LogP contribution in [-0.4, -0.2) is 27.7 Å². The van der Waals surface area contributed by atoms with Gasteiger partial charge in [-0.25, -0.2) is 15.8 Å². The Bertz CT molecular complexity index is 445. The van der Waals surface area contributed by atoms with Crippen molar-refractivity contribution in [2.75, 3.05) is 17.3 Å². The molecular formula is C13H23N5O. The molecule has 0 spiro atoms. The maximum Gasteiger partial charge on any atom is 0.148 e. The molecule has 1 atom stereocenters. The van der Waals surface area contributed by atoms with Crippen molar-refractivity contribution >= 4 is 11.6 Å². The first-order valence-electron chi connectivity index (χ1n) is 6.79. The van der Waals surface area contributed by atoms with Gasteiger partial charge in [-0.2, -0.15) is 0 Å². The van der Waals surface area contributed by atoms with Gasteiger partial charge in [0.2, 0.25) is 0 Å². The number of aromatic nitrogens is 2. The number of hydrogen-bond donors (Lipinski definition) is 4. The molecule has 106 valence electrons. The summed E-state index contributed by atoms with van der Waals surface area (Å²) in [5, 5.41) is 12.7. The first kappa shape index (κ1) is 14.0. The quantitative estimate of drug-likeness (QED) is 0.458. The van der Waals surface area contributed by atoms with E-state index in [9.17, 15) is 5.11 Å². The standard InChI is InChI=1S/C13H23N5O/c1-7(2)10(6-19)15-11-8(3)12(18-14)17-13(16-11)9-4-5-9/h7,9-10,19H,4-6,14H2,1-3H3,(H2,15,16,17,18)/t10-/m1/s1. The van der Waals surface area contributed by atoms with Crippen LogP contribution < -0.4 is 16.6 Å². The number of nitrogens with two attached hydrogens (primary N) is 1. The molecule has 5 N–H and O–H groups in total. The molecule has 1 fully saturated rings. The van der Waals surface area contributed by atoms with Gasteiger partial charge in [-0.3, -0.25) is 0 Å². The zero-order chi connectivity index (χ0) is 14.0. The third-order valence-electron chi connectivity index (χ3n) is 3.57. The van der Waals surface area contributed by atoms with Gasteiger partial charge < -0.3 is 15.8 Å². The molecule has 0 unspecified atom stereocenters. The molecule has 1 aromatic heterocycles. The third kappa shape index (κ3) is 3.13. The lowest BCUT2D eigenvalue weighted by Crippen LogP contribution is -2.30. The van der Waals surface area contributed by atoms with Crippen molar-refractivity contribution < 1.29 is 5.11 Å². The van der Waals surface area contributed by atoms with Gasteiger partial charge in [0.25, 0.3) is 0 Å². The SMILES string of the molecule is Cc1c(NN)nc(C2CC2)nc1N[C@H](CO)C(C)C. The molecule has 1 aliphatic rings. The Labute approximate surface area is 113 Å². The summed E-state index contributed by atoms with van der Waals surface area (Å²) in [6.07, 6.45) is 2.28. The lowest BCUT2D eigenvalue weighted by molar-refractivity contribution is 0.249. The van der Waals surface area contributed by atoms with Crippen LogP contribution in [0.1, 0.15) is 44.0 Å². The topological polar surface area (TPSA) is 96.1 Å². The maximum atomic E-state index is 9.42. The lowest BCUT2D eigenvalue weighted by Gasteiger charge is -2.22. The average molecular weight is 265 g/mol. The summed E-state index contributed by atoms with van der Waals surface area (Å²) < 4.78 is 0. The summed E-state index contributed by atoms with van der Waals surface area (Å²) in [7, 11) is 0. The van der Waals surface area contributed by atoms with Gasteiger partial charge >= 0.3 is 0 Å². The van der Waals surface area contributed by atoms with E-state index in [-0.39, 0.29) is 12.6 Å². The van der Waals surface area contributed by atoms with Crippen LogP contribution in [0.2, 0.25) is 0 Å². The molecule has 1 aliphatic carbocycles. The van der Waals surface area contributed by atoms with Gasteiger partial charge in [-0.15, -0.1) is 0 Å². The molecule has 0 saturated heterocycles. The Morgan fingerprint density at radius 3 is 2.42 bits per heavy atom. The average Bonchev–Trinajstić information content (AvgIpc) is 3.21. The van der Waals surface area contributed by atoms with Gasteiger partial charge in [0, 0.05) is 11.5 Å². The summed E-state index contributed by atoms with van der Waals surface area (Å²) >= 11 is 0. The van der Waals surface area contributed by atoms with E-state index in [0.29, 0.717) is 17.7 Å². The highest BCUT2D eigenvalue weighted by Gasteiger charge is 2.28. The number of nitrogens with one attached hydrogen (secondary N) is 2. The number of nitrogen functional groups attached to an aromatic ring is 1. The summed E-state index contributed by atoms with van der Waals surface area (Å²) in [6, 6.07) is -0.0220. The minimum atomic E-state index is -0.0220. The van der Waals surface area contributed by atoms with E-state index in [1.807, 2.05) is 6.92 Å². The molecule has 0 amide bonds. The van der Waals surface area contributed by atoms with Crippen LogP contribution in [0.5, 0.6) is 0 Å². The van der Waals surface area contributed by atoms with Crippen molar-refractivity contribution in [2.45, 2.75) is 45.6 Å². The van der Waals surface area contributed by atoms with E-state index in [0.717, 1.165) is 30.0 Å². The van der Waals surface area contributed by atoms with Gasteiger partial charge in [0.15, 0.2) is 0 Å². The van der Waals surface area contributed by atoms with Crippen LogP contribution in [0, 0.1) is 12.8 Å². The third-order valence-corrected chi connectivity index (χ3v) is 3.57. The fraction of sp³-hybridized carbons (Fsp3) is 0.692. The second kappa shape index (κ2) is 5.71. The van der Waals surface area contributed by atoms with Crippen LogP contribution in [0.25, 0.3) is 0 Å². The number of rotatable bonds is 6. The summed E-state index contributed by atoms with van der Waals surface area (Å²) in [5.74, 6) is 8.54. The highest BCUT2D eigenvalue weighted by Crippen LogP contribution is 2.39. The van der Waals surface area contributed by atoms with Crippen molar-refractivity contribution in [2.24, 2.45) is 11.8 Å². The fourth-order valence-electron chi connectivity index (χ4n) is 1.94. The van der Waals surface area contributed by atoms with Crippen molar-refractivity contribution in [3.05, 3.63) is 11.4 Å². The zero-order valence-corrected chi connectivity index (χ0v) is 11.8. The molecule has 1 saturated carbocycles. The highest BCUT2D eigenvalue weighted by molar-refractivity contribution is 5.57. The van der Waals surface area contributed by atoms with Crippen LogP contribution >= 0.6 is 0 Å². The Morgan fingerprint density at radius 1 is 1.32 bits per heavy atom. The Kier molecular flexibility index (Phi) is 4.21. The van der Waals surface area contributed by atoms with Crippen LogP contribution in [0.15, 0.2) is 0 Å². The zero-order valence-electron chi connectivity index (χ0n) is 11.8. The smallest absolute Gasteiger partial charge is 0.148 e. The molecule has 0 bridgehead atoms. The van der Waals surface area contributed by atoms with E-state index < -0.39 is 0 Å². The number of nitrogens with zero attached hydrogens (tertiary/aromatic N) is 2. The van der Waals surface area contributed by atoms with Crippen molar-refractivity contribution in [1.29, 1.82) is 0 Å². The minimum Gasteiger partial charge on any atom is -0.394 e. The molecule has 2 rings (SSSR count). The van der Waals surface area contributed by atoms with Gasteiger partial charge in [-0.1, -0.05) is 13.8 Å². The Hall–Kier alpha value is -1.40. The number of aliphatic hydroxyl groups excluding tert-OH is 1. The maximum absolute atomic E-state index is 9.42. The normalized spacial score (nSPS) is 16.5. The number of hydrazine groups is 1. The second-order valence-electron chi connectivity index (χ2n) is 5.50. The summed E-state index contributed by atoms with van der Waals surface area (Å²) in [5.41, 5.74) is 3.51. The summed E-state index contributed by atoms with van der Waals surface area (Å²) in [6.45, 7) is 6.12. The number of anilines is 2. The second-order valence-corrected chi connectivity index (χ2v) is 5.50. The number of aliphatic hydroxyl groups is 1. The first-order chi connectivity index (χ1) is 9.06. The molecule has 6 nitrogen and oxygen atoms in total. The van der Waals surface area contributed by atoms with Crippen molar-refractivity contribution in [3.63, 3.8) is 0 Å². The molecule has 0 aromatic carbocycles. The summed E-state index contributed by atoms with van der Waals surface area (Å²) in [4.78, 5) is 9.03. The molecule has 1 aromatic rings. The van der Waals surface area contributed by atoms with E-state index in [1.165, 1.54) is 0 Å². The van der Waals surface area contributed by atoms with Gasteiger partial charge in [0.05, 0.1) is 12.6 Å². The van der Waals surface area contributed by atoms with Crippen molar-refractivity contribution in [3.8, 4) is 0 Å². The highest BCUT2D eigenvalue weighted by atomic mass is 16.3. The molecule has 6 heteroatoms. The van der Waals surface area contributed by atoms with Crippen LogP contribution in [0.3, 0.4) is 0 Å². The fourth-order valence-corrected chi connectivity index (χ4v) is 1.94. The largest absolute Gasteiger partial charge is 0.394 e. The Morgan fingerprint density at radius 2 is 1.95 bits per heavy atom. The predicted molar refractivity (Wildman–Crippen MR) is 75.9 cm³/mol. The minimum absolute atomic E-state index is 0.0220. The van der Waals surface area contributed by atoms with Crippen LogP contribution in [-0.2, 0) is 0 Å². The van der Waals surface area contributed by atoms with E-state index >= 15 is 0 Å². The molecule has 0 aliphatic heterocycles.